The highest BCUT2D eigenvalue weighted by atomic mass is 19.1. The van der Waals surface area contributed by atoms with Crippen LogP contribution in [0.2, 0.25) is 0 Å². The third-order valence-corrected chi connectivity index (χ3v) is 2.36. The standard InChI is InChI=1S/C10H11FN4O4/c11-6-4-13-7(3-5(6)10(18)19)9(17)8(16)1-2-14-15-12/h3-4,8-9,16-17H,1-2H2,(H,18,19). The summed E-state index contributed by atoms with van der Waals surface area (Å²) in [4.78, 5) is 16.7. The van der Waals surface area contributed by atoms with E-state index in [1.165, 1.54) is 0 Å². The molecule has 9 heteroatoms. The molecule has 0 aliphatic carbocycles. The van der Waals surface area contributed by atoms with Crippen molar-refractivity contribution < 1.29 is 24.5 Å². The van der Waals surface area contributed by atoms with Gasteiger partial charge in [0.1, 0.15) is 6.10 Å². The van der Waals surface area contributed by atoms with Crippen molar-refractivity contribution in [3.63, 3.8) is 0 Å². The van der Waals surface area contributed by atoms with Crippen molar-refractivity contribution in [2.45, 2.75) is 18.6 Å². The van der Waals surface area contributed by atoms with Crippen LogP contribution in [0.15, 0.2) is 17.4 Å². The Balaban J connectivity index is 2.87. The monoisotopic (exact) mass is 270 g/mol. The molecule has 0 bridgehead atoms. The second-order valence-corrected chi connectivity index (χ2v) is 3.65. The lowest BCUT2D eigenvalue weighted by Gasteiger charge is -2.16. The second kappa shape index (κ2) is 6.64. The summed E-state index contributed by atoms with van der Waals surface area (Å²) in [5, 5.41) is 31.2. The minimum Gasteiger partial charge on any atom is -0.478 e. The Hall–Kier alpha value is -2.22. The van der Waals surface area contributed by atoms with E-state index in [1.807, 2.05) is 0 Å². The van der Waals surface area contributed by atoms with Gasteiger partial charge in [-0.1, -0.05) is 5.11 Å². The van der Waals surface area contributed by atoms with Gasteiger partial charge < -0.3 is 15.3 Å². The van der Waals surface area contributed by atoms with Gasteiger partial charge in [0, 0.05) is 11.5 Å². The number of aromatic carboxylic acids is 1. The third kappa shape index (κ3) is 3.88. The van der Waals surface area contributed by atoms with Crippen LogP contribution in [-0.4, -0.2) is 38.9 Å². The molecule has 1 aromatic heterocycles. The summed E-state index contributed by atoms with van der Waals surface area (Å²) in [6, 6.07) is 0.846. The minimum absolute atomic E-state index is 0.0350. The van der Waals surface area contributed by atoms with Crippen molar-refractivity contribution in [2.75, 3.05) is 6.54 Å². The SMILES string of the molecule is [N-]=[N+]=NCCC(O)C(O)c1cc(C(=O)O)c(F)cn1. The van der Waals surface area contributed by atoms with Crippen LogP contribution in [0, 0.1) is 5.82 Å². The predicted octanol–water partition coefficient (Wildman–Crippen LogP) is 1.01. The van der Waals surface area contributed by atoms with E-state index in [9.17, 15) is 19.4 Å². The van der Waals surface area contributed by atoms with E-state index >= 15 is 0 Å². The van der Waals surface area contributed by atoms with Gasteiger partial charge in [0.15, 0.2) is 5.82 Å². The molecule has 0 spiro atoms. The predicted molar refractivity (Wildman–Crippen MR) is 60.8 cm³/mol. The third-order valence-electron chi connectivity index (χ3n) is 2.36. The largest absolute Gasteiger partial charge is 0.478 e. The molecule has 0 aliphatic heterocycles. The lowest BCUT2D eigenvalue weighted by atomic mass is 10.1. The number of hydrogen-bond acceptors (Lipinski definition) is 5. The van der Waals surface area contributed by atoms with Crippen molar-refractivity contribution in [1.82, 2.24) is 4.98 Å². The maximum atomic E-state index is 13.1. The Morgan fingerprint density at radius 2 is 2.26 bits per heavy atom. The molecular weight excluding hydrogens is 259 g/mol. The number of aromatic nitrogens is 1. The quantitative estimate of drug-likeness (QED) is 0.402. The lowest BCUT2D eigenvalue weighted by Crippen LogP contribution is -2.21. The van der Waals surface area contributed by atoms with Gasteiger partial charge >= 0.3 is 5.97 Å². The smallest absolute Gasteiger partial charge is 0.338 e. The Morgan fingerprint density at radius 1 is 1.58 bits per heavy atom. The summed E-state index contributed by atoms with van der Waals surface area (Å²) in [6.07, 6.45) is -2.17. The Bertz CT molecular complexity index is 518. The van der Waals surface area contributed by atoms with E-state index in [2.05, 4.69) is 15.0 Å². The van der Waals surface area contributed by atoms with Crippen molar-refractivity contribution in [2.24, 2.45) is 5.11 Å². The molecular formula is C10H11FN4O4. The summed E-state index contributed by atoms with van der Waals surface area (Å²) in [7, 11) is 0. The van der Waals surface area contributed by atoms with Crippen LogP contribution in [-0.2, 0) is 0 Å². The molecule has 1 rings (SSSR count). The van der Waals surface area contributed by atoms with Gasteiger partial charge in [0.25, 0.3) is 0 Å². The van der Waals surface area contributed by atoms with Crippen LogP contribution < -0.4 is 0 Å². The summed E-state index contributed by atoms with van der Waals surface area (Å²) in [6.45, 7) is -0.0400. The highest BCUT2D eigenvalue weighted by molar-refractivity contribution is 5.87. The van der Waals surface area contributed by atoms with E-state index in [0.29, 0.717) is 6.20 Å². The fourth-order valence-electron chi connectivity index (χ4n) is 1.37. The number of hydrogen-bond donors (Lipinski definition) is 3. The first-order chi connectivity index (χ1) is 8.97. The van der Waals surface area contributed by atoms with Crippen LogP contribution in [0.3, 0.4) is 0 Å². The Kier molecular flexibility index (Phi) is 5.19. The topological polar surface area (TPSA) is 139 Å². The molecule has 2 atom stereocenters. The molecule has 102 valence electrons. The van der Waals surface area contributed by atoms with Gasteiger partial charge in [-0.2, -0.15) is 0 Å². The molecule has 2 unspecified atom stereocenters. The van der Waals surface area contributed by atoms with Crippen LogP contribution in [0.1, 0.15) is 28.6 Å². The molecule has 19 heavy (non-hydrogen) atoms. The lowest BCUT2D eigenvalue weighted by molar-refractivity contribution is 0.0123. The first-order valence-corrected chi connectivity index (χ1v) is 5.23. The van der Waals surface area contributed by atoms with Crippen LogP contribution >= 0.6 is 0 Å². The minimum atomic E-state index is -1.50. The first-order valence-electron chi connectivity index (χ1n) is 5.23. The molecule has 0 saturated heterocycles. The van der Waals surface area contributed by atoms with Gasteiger partial charge in [0.05, 0.1) is 23.6 Å². The number of carbonyl (C=O) groups is 1. The number of azide groups is 1. The van der Waals surface area contributed by atoms with Gasteiger partial charge in [0.2, 0.25) is 0 Å². The molecule has 1 heterocycles. The second-order valence-electron chi connectivity index (χ2n) is 3.65. The highest BCUT2D eigenvalue weighted by Crippen LogP contribution is 2.19. The molecule has 0 aliphatic rings. The van der Waals surface area contributed by atoms with Gasteiger partial charge in [-0.15, -0.1) is 0 Å². The number of nitrogens with zero attached hydrogens (tertiary/aromatic N) is 4. The van der Waals surface area contributed by atoms with Crippen molar-refractivity contribution in [3.05, 3.63) is 39.8 Å². The van der Waals surface area contributed by atoms with Gasteiger partial charge in [-0.25, -0.2) is 9.18 Å². The van der Waals surface area contributed by atoms with E-state index < -0.39 is 29.6 Å². The molecule has 0 saturated carbocycles. The molecule has 3 N–H and O–H groups in total. The number of halogens is 1. The molecule has 0 fully saturated rings. The van der Waals surface area contributed by atoms with Crippen LogP contribution in [0.4, 0.5) is 4.39 Å². The van der Waals surface area contributed by atoms with E-state index in [0.717, 1.165) is 6.07 Å². The fourth-order valence-corrected chi connectivity index (χ4v) is 1.37. The zero-order valence-electron chi connectivity index (χ0n) is 9.64. The summed E-state index contributed by atoms with van der Waals surface area (Å²) < 4.78 is 13.1. The number of aliphatic hydroxyl groups excluding tert-OH is 2. The summed E-state index contributed by atoms with van der Waals surface area (Å²) in [5.41, 5.74) is 7.24. The van der Waals surface area contributed by atoms with Crippen molar-refractivity contribution >= 4 is 5.97 Å². The van der Waals surface area contributed by atoms with Crippen LogP contribution in [0.25, 0.3) is 10.4 Å². The molecule has 0 aromatic carbocycles. The maximum absolute atomic E-state index is 13.1. The highest BCUT2D eigenvalue weighted by Gasteiger charge is 2.22. The van der Waals surface area contributed by atoms with E-state index in [4.69, 9.17) is 10.6 Å². The first kappa shape index (κ1) is 14.8. The maximum Gasteiger partial charge on any atom is 0.338 e. The molecule has 0 radical (unpaired) electrons. The zero-order chi connectivity index (χ0) is 14.4. The number of aliphatic hydroxyl groups is 2. The number of rotatable bonds is 6. The normalized spacial score (nSPS) is 13.4. The molecule has 1 aromatic rings. The van der Waals surface area contributed by atoms with E-state index in [-0.39, 0.29) is 18.7 Å². The summed E-state index contributed by atoms with van der Waals surface area (Å²) >= 11 is 0. The molecule has 8 nitrogen and oxygen atoms in total. The summed E-state index contributed by atoms with van der Waals surface area (Å²) in [5.74, 6) is -2.54. The zero-order valence-corrected chi connectivity index (χ0v) is 9.64. The average molecular weight is 270 g/mol. The van der Waals surface area contributed by atoms with Crippen LogP contribution in [0.5, 0.6) is 0 Å². The number of pyridine rings is 1. The molecule has 0 amide bonds. The number of carboxylic acids is 1. The van der Waals surface area contributed by atoms with Crippen molar-refractivity contribution in [1.29, 1.82) is 0 Å². The fraction of sp³-hybridized carbons (Fsp3) is 0.400. The number of carboxylic acid groups (broad SMARTS) is 1. The van der Waals surface area contributed by atoms with Gasteiger partial charge in [-0.05, 0) is 18.0 Å². The Morgan fingerprint density at radius 3 is 2.84 bits per heavy atom. The average Bonchev–Trinajstić information content (AvgIpc) is 2.38. The van der Waals surface area contributed by atoms with E-state index in [1.54, 1.807) is 0 Å². The van der Waals surface area contributed by atoms with Gasteiger partial charge in [-0.3, -0.25) is 4.98 Å². The Labute approximate surface area is 106 Å². The van der Waals surface area contributed by atoms with Crippen molar-refractivity contribution in [3.8, 4) is 0 Å².